The zero-order valence-electron chi connectivity index (χ0n) is 20.3. The smallest absolute Gasteiger partial charge is 0.163 e. The zero-order chi connectivity index (χ0) is 23.8. The minimum atomic E-state index is -0.350. The van der Waals surface area contributed by atoms with Gasteiger partial charge in [0.2, 0.25) is 0 Å². The summed E-state index contributed by atoms with van der Waals surface area (Å²) < 4.78 is 13.1. The third kappa shape index (κ3) is 5.99. The van der Waals surface area contributed by atoms with Crippen molar-refractivity contribution in [2.75, 3.05) is 0 Å². The second-order valence-electron chi connectivity index (χ2n) is 7.75. The lowest BCUT2D eigenvalue weighted by molar-refractivity contribution is 0.623. The minimum absolute atomic E-state index is 0.234. The number of nitrogens with zero attached hydrogens (tertiary/aromatic N) is 6. The van der Waals surface area contributed by atoms with Crippen molar-refractivity contribution in [1.82, 2.24) is 29.9 Å². The highest BCUT2D eigenvalue weighted by Crippen LogP contribution is 2.22. The van der Waals surface area contributed by atoms with Crippen LogP contribution in [0.3, 0.4) is 0 Å². The highest BCUT2D eigenvalue weighted by atomic mass is 19.1. The first-order valence-electron chi connectivity index (χ1n) is 11.2. The van der Waals surface area contributed by atoms with Crippen LogP contribution in [0.5, 0.6) is 0 Å². The number of hydrogen-bond donors (Lipinski definition) is 0. The average Bonchev–Trinajstić information content (AvgIpc) is 2.79. The molecule has 0 fully saturated rings. The van der Waals surface area contributed by atoms with Crippen molar-refractivity contribution in [2.45, 2.75) is 73.6 Å². The van der Waals surface area contributed by atoms with Crippen LogP contribution in [0.2, 0.25) is 0 Å². The molecule has 0 spiro atoms. The first kappa shape index (κ1) is 25.2. The van der Waals surface area contributed by atoms with E-state index in [1.54, 1.807) is 6.20 Å². The quantitative estimate of drug-likeness (QED) is 0.373. The molecule has 0 bridgehead atoms. The highest BCUT2D eigenvalue weighted by Gasteiger charge is 2.11. The van der Waals surface area contributed by atoms with Crippen molar-refractivity contribution in [3.8, 4) is 0 Å². The number of halogens is 1. The van der Waals surface area contributed by atoms with Crippen molar-refractivity contribution >= 4 is 22.1 Å². The van der Waals surface area contributed by atoms with Crippen molar-refractivity contribution in [3.63, 3.8) is 0 Å². The lowest BCUT2D eigenvalue weighted by atomic mass is 10.1. The molecule has 0 radical (unpaired) electrons. The van der Waals surface area contributed by atoms with Crippen LogP contribution in [0.4, 0.5) is 4.39 Å². The standard InChI is InChI=1S/C12H15N3.C11H12FN3.C2H6/c1-4-10-9-6-5-7-13-12(9)15-11(14-10)8(2)3;1-6(2)10-9-4-8(12)5-13-11(9)15-7(3)14-10;1-2/h5-8H,4H2,1-3H3;4-6H,1-3H3;1-2H3. The third-order valence-electron chi connectivity index (χ3n) is 4.62. The maximum Gasteiger partial charge on any atom is 0.163 e. The lowest BCUT2D eigenvalue weighted by Crippen LogP contribution is -2.03. The number of aryl methyl sites for hydroxylation is 2. The van der Waals surface area contributed by atoms with E-state index >= 15 is 0 Å². The van der Waals surface area contributed by atoms with Crippen LogP contribution in [0.1, 0.15) is 83.3 Å². The van der Waals surface area contributed by atoms with Crippen LogP contribution < -0.4 is 0 Å². The molecule has 0 amide bonds. The molecule has 32 heavy (non-hydrogen) atoms. The third-order valence-corrected chi connectivity index (χ3v) is 4.62. The first-order chi connectivity index (χ1) is 15.3. The molecule has 0 atom stereocenters. The van der Waals surface area contributed by atoms with Crippen LogP contribution in [0.15, 0.2) is 30.6 Å². The Morgan fingerprint density at radius 3 is 2.19 bits per heavy atom. The molecule has 4 heterocycles. The van der Waals surface area contributed by atoms with Crippen molar-refractivity contribution in [1.29, 1.82) is 0 Å². The first-order valence-corrected chi connectivity index (χ1v) is 11.2. The molecule has 7 heteroatoms. The topological polar surface area (TPSA) is 77.3 Å². The monoisotopic (exact) mass is 436 g/mol. The maximum atomic E-state index is 13.1. The molecule has 0 N–H and O–H groups in total. The lowest BCUT2D eigenvalue weighted by Gasteiger charge is -2.08. The van der Waals surface area contributed by atoms with Crippen molar-refractivity contribution in [2.24, 2.45) is 0 Å². The molecule has 0 saturated heterocycles. The summed E-state index contributed by atoms with van der Waals surface area (Å²) in [5.41, 5.74) is 3.32. The maximum absolute atomic E-state index is 13.1. The molecule has 0 aliphatic heterocycles. The molecule has 0 aromatic carbocycles. The Kier molecular flexibility index (Phi) is 9.05. The molecule has 0 aliphatic carbocycles. The van der Waals surface area contributed by atoms with Crippen LogP contribution in [-0.4, -0.2) is 29.9 Å². The van der Waals surface area contributed by atoms with Crippen LogP contribution in [0.25, 0.3) is 22.1 Å². The summed E-state index contributed by atoms with van der Waals surface area (Å²) in [5, 5.41) is 1.78. The summed E-state index contributed by atoms with van der Waals surface area (Å²) in [6.07, 6.45) is 3.88. The van der Waals surface area contributed by atoms with Gasteiger partial charge in [0.05, 0.1) is 17.6 Å². The summed E-state index contributed by atoms with van der Waals surface area (Å²) >= 11 is 0. The Labute approximate surface area is 189 Å². The van der Waals surface area contributed by atoms with Gasteiger partial charge >= 0.3 is 0 Å². The number of aromatic nitrogens is 6. The van der Waals surface area contributed by atoms with Gasteiger partial charge in [0.15, 0.2) is 11.3 Å². The summed E-state index contributed by atoms with van der Waals surface area (Å²) in [5.74, 6) is 1.79. The summed E-state index contributed by atoms with van der Waals surface area (Å²) in [6, 6.07) is 5.41. The molecule has 0 aliphatic rings. The largest absolute Gasteiger partial charge is 0.237 e. The second-order valence-corrected chi connectivity index (χ2v) is 7.75. The fourth-order valence-corrected chi connectivity index (χ4v) is 3.13. The van der Waals surface area contributed by atoms with Crippen molar-refractivity contribution < 1.29 is 4.39 Å². The number of rotatable bonds is 3. The average molecular weight is 437 g/mol. The van der Waals surface area contributed by atoms with E-state index in [0.717, 1.165) is 34.7 Å². The summed E-state index contributed by atoms with van der Waals surface area (Å²) in [4.78, 5) is 25.8. The Bertz CT molecular complexity index is 1170. The summed E-state index contributed by atoms with van der Waals surface area (Å²) in [7, 11) is 0. The van der Waals surface area contributed by atoms with Crippen LogP contribution in [-0.2, 0) is 6.42 Å². The Morgan fingerprint density at radius 2 is 1.56 bits per heavy atom. The zero-order valence-corrected chi connectivity index (χ0v) is 20.3. The van der Waals surface area contributed by atoms with Gasteiger partial charge in [-0.15, -0.1) is 0 Å². The van der Waals surface area contributed by atoms with E-state index in [1.807, 2.05) is 46.8 Å². The van der Waals surface area contributed by atoms with E-state index in [4.69, 9.17) is 0 Å². The van der Waals surface area contributed by atoms with E-state index in [2.05, 4.69) is 50.7 Å². The van der Waals surface area contributed by atoms with Crippen LogP contribution in [0, 0.1) is 12.7 Å². The van der Waals surface area contributed by atoms with Crippen LogP contribution >= 0.6 is 0 Å². The van der Waals surface area contributed by atoms with Crippen molar-refractivity contribution in [3.05, 3.63) is 59.4 Å². The molecule has 4 rings (SSSR count). The van der Waals surface area contributed by atoms with Gasteiger partial charge in [-0.25, -0.2) is 34.3 Å². The predicted octanol–water partition coefficient (Wildman–Crippen LogP) is 6.33. The van der Waals surface area contributed by atoms with Gasteiger partial charge in [0, 0.05) is 22.9 Å². The molecule has 0 saturated carbocycles. The Balaban J connectivity index is 0.000000211. The van der Waals surface area contributed by atoms with Gasteiger partial charge in [0.25, 0.3) is 0 Å². The number of fused-ring (bicyclic) bond motifs is 2. The van der Waals surface area contributed by atoms with Gasteiger partial charge in [-0.1, -0.05) is 48.5 Å². The van der Waals surface area contributed by atoms with E-state index in [0.29, 0.717) is 22.8 Å². The fourth-order valence-electron chi connectivity index (χ4n) is 3.13. The van der Waals surface area contributed by atoms with E-state index < -0.39 is 0 Å². The molecule has 4 aromatic rings. The van der Waals surface area contributed by atoms with Gasteiger partial charge in [-0.3, -0.25) is 0 Å². The molecule has 4 aromatic heterocycles. The normalized spacial score (nSPS) is 10.7. The van der Waals surface area contributed by atoms with Gasteiger partial charge in [-0.2, -0.15) is 0 Å². The van der Waals surface area contributed by atoms with Gasteiger partial charge in [0.1, 0.15) is 17.5 Å². The Morgan fingerprint density at radius 1 is 0.875 bits per heavy atom. The van der Waals surface area contributed by atoms with E-state index in [9.17, 15) is 4.39 Å². The molecular weight excluding hydrogens is 403 g/mol. The number of hydrogen-bond acceptors (Lipinski definition) is 6. The number of pyridine rings is 2. The second kappa shape index (κ2) is 11.5. The molecular formula is C25H33FN6. The van der Waals surface area contributed by atoms with Gasteiger partial charge < -0.3 is 0 Å². The summed E-state index contributed by atoms with van der Waals surface area (Å²) in [6.45, 7) is 16.2. The SMILES string of the molecule is CC.CCc1nc(C(C)C)nc2ncccc12.Cc1nc(C(C)C)c2cc(F)cnc2n1. The van der Waals surface area contributed by atoms with Gasteiger partial charge in [-0.05, 0) is 37.5 Å². The molecule has 0 unspecified atom stereocenters. The minimum Gasteiger partial charge on any atom is -0.237 e. The highest BCUT2D eigenvalue weighted by molar-refractivity contribution is 5.78. The molecule has 6 nitrogen and oxygen atoms in total. The van der Waals surface area contributed by atoms with E-state index in [1.165, 1.54) is 12.3 Å². The fraction of sp³-hybridized carbons (Fsp3) is 0.440. The molecule has 170 valence electrons. The van der Waals surface area contributed by atoms with E-state index in [-0.39, 0.29) is 11.7 Å². The predicted molar refractivity (Wildman–Crippen MR) is 128 cm³/mol. The Hall–Kier alpha value is -3.09.